The third kappa shape index (κ3) is 4.27. The molecule has 2 aromatic heterocycles. The van der Waals surface area contributed by atoms with E-state index >= 15 is 0 Å². The molecule has 0 spiro atoms. The van der Waals surface area contributed by atoms with Gasteiger partial charge in [-0.1, -0.05) is 6.92 Å². The Hall–Kier alpha value is -1.13. The number of nitrogens with one attached hydrogen (secondary N) is 1. The number of aromatic nitrogens is 1. The van der Waals surface area contributed by atoms with Crippen molar-refractivity contribution in [3.8, 4) is 0 Å². The van der Waals surface area contributed by atoms with E-state index in [0.29, 0.717) is 6.04 Å². The monoisotopic (exact) mass is 264 g/mol. The second-order valence-electron chi connectivity index (χ2n) is 4.44. The number of hydrogen-bond acceptors (Lipinski definition) is 4. The van der Waals surface area contributed by atoms with Gasteiger partial charge in [-0.05, 0) is 37.9 Å². The van der Waals surface area contributed by atoms with Gasteiger partial charge >= 0.3 is 0 Å². The molecule has 18 heavy (non-hydrogen) atoms. The maximum absolute atomic E-state index is 5.39. The van der Waals surface area contributed by atoms with E-state index < -0.39 is 0 Å². The highest BCUT2D eigenvalue weighted by atomic mass is 32.1. The number of hydrogen-bond donors (Lipinski definition) is 1. The van der Waals surface area contributed by atoms with Crippen LogP contribution in [0.5, 0.6) is 0 Å². The molecule has 0 saturated carbocycles. The lowest BCUT2D eigenvalue weighted by Gasteiger charge is -2.17. The predicted octanol–water partition coefficient (Wildman–Crippen LogP) is 3.28. The molecular weight excluding hydrogens is 244 g/mol. The predicted molar refractivity (Wildman–Crippen MR) is 74.9 cm³/mol. The summed E-state index contributed by atoms with van der Waals surface area (Å²) in [4.78, 5) is 5.49. The fourth-order valence-corrected chi connectivity index (χ4v) is 2.66. The van der Waals surface area contributed by atoms with E-state index in [4.69, 9.17) is 4.42 Å². The van der Waals surface area contributed by atoms with Gasteiger partial charge in [-0.25, -0.2) is 0 Å². The summed E-state index contributed by atoms with van der Waals surface area (Å²) in [5.74, 6) is 1.07. The Kier molecular flexibility index (Phi) is 5.42. The maximum Gasteiger partial charge on any atom is 0.103 e. The van der Waals surface area contributed by atoms with E-state index in [1.54, 1.807) is 17.6 Å². The van der Waals surface area contributed by atoms with Crippen LogP contribution in [0.1, 0.15) is 30.4 Å². The lowest BCUT2D eigenvalue weighted by molar-refractivity contribution is 0.442. The second-order valence-corrected chi connectivity index (χ2v) is 5.41. The van der Waals surface area contributed by atoms with Crippen LogP contribution in [0.3, 0.4) is 0 Å². The van der Waals surface area contributed by atoms with Crippen molar-refractivity contribution in [3.05, 3.63) is 40.7 Å². The molecule has 0 aliphatic carbocycles. The summed E-state index contributed by atoms with van der Waals surface area (Å²) in [6.45, 7) is 3.27. The standard InChI is InChI=1S/C14H20N2OS/c1-2-7-16-12(9-14-10-15-11-18-14)5-6-13-4-3-8-17-13/h3-4,8,10-12,16H,2,5-7,9H2,1H3. The Balaban J connectivity index is 1.84. The van der Waals surface area contributed by atoms with E-state index in [-0.39, 0.29) is 0 Å². The number of nitrogens with zero attached hydrogens (tertiary/aromatic N) is 1. The molecule has 2 aromatic rings. The molecule has 0 fully saturated rings. The Bertz CT molecular complexity index is 411. The number of rotatable bonds is 8. The lowest BCUT2D eigenvalue weighted by atomic mass is 10.1. The Morgan fingerprint density at radius 1 is 1.50 bits per heavy atom. The molecule has 3 nitrogen and oxygen atoms in total. The van der Waals surface area contributed by atoms with Gasteiger partial charge in [0.1, 0.15) is 5.76 Å². The molecule has 1 atom stereocenters. The Morgan fingerprint density at radius 2 is 2.44 bits per heavy atom. The Labute approximate surface area is 112 Å². The molecule has 0 radical (unpaired) electrons. The van der Waals surface area contributed by atoms with Gasteiger partial charge in [-0.15, -0.1) is 11.3 Å². The smallest absolute Gasteiger partial charge is 0.103 e. The summed E-state index contributed by atoms with van der Waals surface area (Å²) in [5, 5.41) is 3.61. The molecule has 0 aliphatic rings. The number of aryl methyl sites for hydroxylation is 1. The first kappa shape index (κ1) is 13.3. The molecule has 2 heterocycles. The van der Waals surface area contributed by atoms with Crippen LogP contribution in [0.2, 0.25) is 0 Å². The van der Waals surface area contributed by atoms with Crippen LogP contribution in [0.15, 0.2) is 34.5 Å². The van der Waals surface area contributed by atoms with Crippen LogP contribution in [-0.4, -0.2) is 17.6 Å². The minimum atomic E-state index is 0.510. The van der Waals surface area contributed by atoms with Crippen LogP contribution in [0.25, 0.3) is 0 Å². The zero-order valence-corrected chi connectivity index (χ0v) is 11.6. The van der Waals surface area contributed by atoms with Gasteiger partial charge < -0.3 is 9.73 Å². The van der Waals surface area contributed by atoms with Gasteiger partial charge in [0.25, 0.3) is 0 Å². The summed E-state index contributed by atoms with van der Waals surface area (Å²) in [7, 11) is 0. The fourth-order valence-electron chi connectivity index (χ4n) is 1.98. The first-order chi connectivity index (χ1) is 8.88. The molecule has 2 rings (SSSR count). The Morgan fingerprint density at radius 3 is 3.11 bits per heavy atom. The van der Waals surface area contributed by atoms with Gasteiger partial charge in [0, 0.05) is 23.5 Å². The van der Waals surface area contributed by atoms with E-state index in [9.17, 15) is 0 Å². The van der Waals surface area contributed by atoms with E-state index in [1.807, 2.05) is 23.8 Å². The van der Waals surface area contributed by atoms with Crippen molar-refractivity contribution in [1.82, 2.24) is 10.3 Å². The van der Waals surface area contributed by atoms with Crippen molar-refractivity contribution in [3.63, 3.8) is 0 Å². The number of thiazole rings is 1. The van der Waals surface area contributed by atoms with Crippen LogP contribution in [0, 0.1) is 0 Å². The van der Waals surface area contributed by atoms with Gasteiger partial charge in [-0.3, -0.25) is 4.98 Å². The molecule has 1 unspecified atom stereocenters. The molecule has 0 aliphatic heterocycles. The minimum absolute atomic E-state index is 0.510. The summed E-state index contributed by atoms with van der Waals surface area (Å²) in [6.07, 6.45) is 8.04. The second kappa shape index (κ2) is 7.34. The third-order valence-corrected chi connectivity index (χ3v) is 3.74. The quantitative estimate of drug-likeness (QED) is 0.795. The average molecular weight is 264 g/mol. The molecule has 4 heteroatoms. The van der Waals surface area contributed by atoms with Crippen LogP contribution >= 0.6 is 11.3 Å². The fraction of sp³-hybridized carbons (Fsp3) is 0.500. The normalized spacial score (nSPS) is 12.7. The lowest BCUT2D eigenvalue weighted by Crippen LogP contribution is -2.32. The molecule has 0 amide bonds. The van der Waals surface area contributed by atoms with E-state index in [0.717, 1.165) is 31.6 Å². The third-order valence-electron chi connectivity index (χ3n) is 2.93. The zero-order chi connectivity index (χ0) is 12.6. The SMILES string of the molecule is CCCNC(CCc1ccco1)Cc1cncs1. The number of furan rings is 1. The van der Waals surface area contributed by atoms with E-state index in [1.165, 1.54) is 11.3 Å². The molecule has 0 bridgehead atoms. The first-order valence-electron chi connectivity index (χ1n) is 6.51. The summed E-state index contributed by atoms with van der Waals surface area (Å²) in [5.41, 5.74) is 1.90. The van der Waals surface area contributed by atoms with Crippen molar-refractivity contribution in [2.24, 2.45) is 0 Å². The minimum Gasteiger partial charge on any atom is -0.469 e. The van der Waals surface area contributed by atoms with Gasteiger partial charge in [0.15, 0.2) is 0 Å². The van der Waals surface area contributed by atoms with Crippen molar-refractivity contribution in [2.75, 3.05) is 6.54 Å². The largest absolute Gasteiger partial charge is 0.469 e. The summed E-state index contributed by atoms with van der Waals surface area (Å²) >= 11 is 1.73. The van der Waals surface area contributed by atoms with Crippen molar-refractivity contribution < 1.29 is 4.42 Å². The molecule has 98 valence electrons. The molecule has 0 saturated heterocycles. The maximum atomic E-state index is 5.39. The highest BCUT2D eigenvalue weighted by Crippen LogP contribution is 2.13. The molecule has 1 N–H and O–H groups in total. The zero-order valence-electron chi connectivity index (χ0n) is 10.8. The molecule has 0 aromatic carbocycles. The average Bonchev–Trinajstić information content (AvgIpc) is 3.05. The van der Waals surface area contributed by atoms with Crippen LogP contribution < -0.4 is 5.32 Å². The molecular formula is C14H20N2OS. The van der Waals surface area contributed by atoms with Crippen LogP contribution in [0.4, 0.5) is 0 Å². The van der Waals surface area contributed by atoms with Gasteiger partial charge in [-0.2, -0.15) is 0 Å². The van der Waals surface area contributed by atoms with Gasteiger partial charge in [0.05, 0.1) is 11.8 Å². The van der Waals surface area contributed by atoms with Gasteiger partial charge in [0.2, 0.25) is 0 Å². The topological polar surface area (TPSA) is 38.1 Å². The van der Waals surface area contributed by atoms with Crippen molar-refractivity contribution >= 4 is 11.3 Å². The summed E-state index contributed by atoms with van der Waals surface area (Å²) in [6, 6.07) is 4.51. The van der Waals surface area contributed by atoms with Crippen molar-refractivity contribution in [2.45, 2.75) is 38.6 Å². The van der Waals surface area contributed by atoms with Crippen molar-refractivity contribution in [1.29, 1.82) is 0 Å². The van der Waals surface area contributed by atoms with E-state index in [2.05, 4.69) is 17.2 Å². The summed E-state index contributed by atoms with van der Waals surface area (Å²) < 4.78 is 5.39. The first-order valence-corrected chi connectivity index (χ1v) is 7.39. The van der Waals surface area contributed by atoms with Crippen LogP contribution in [-0.2, 0) is 12.8 Å². The highest BCUT2D eigenvalue weighted by molar-refractivity contribution is 7.09. The highest BCUT2D eigenvalue weighted by Gasteiger charge is 2.11.